The van der Waals surface area contributed by atoms with E-state index in [1.54, 1.807) is 18.2 Å². The fourth-order valence-corrected chi connectivity index (χ4v) is 2.45. The Hall–Kier alpha value is -3.55. The first-order chi connectivity index (χ1) is 13.1. The van der Waals surface area contributed by atoms with Crippen LogP contribution in [0, 0.1) is 0 Å². The van der Waals surface area contributed by atoms with Crippen LogP contribution in [0.2, 0.25) is 0 Å². The summed E-state index contributed by atoms with van der Waals surface area (Å²) in [7, 11) is 2.98. The summed E-state index contributed by atoms with van der Waals surface area (Å²) in [5.74, 6) is 0.571. The fraction of sp³-hybridized carbons (Fsp3) is 0.211. The monoisotopic (exact) mass is 369 g/mol. The van der Waals surface area contributed by atoms with Gasteiger partial charge in [-0.2, -0.15) is 0 Å². The van der Waals surface area contributed by atoms with Crippen molar-refractivity contribution in [2.24, 2.45) is 0 Å². The number of hydrazine groups is 1. The summed E-state index contributed by atoms with van der Waals surface area (Å²) in [6.45, 7) is 0. The van der Waals surface area contributed by atoms with Crippen molar-refractivity contribution in [2.75, 3.05) is 14.2 Å². The first-order valence-corrected chi connectivity index (χ1v) is 8.25. The molecular formula is C19H19N3O5. The number of nitrogens with zero attached hydrogens (tertiary/aromatic N) is 1. The molecular weight excluding hydrogens is 350 g/mol. The zero-order chi connectivity index (χ0) is 19.2. The number of hydrogen-bond acceptors (Lipinski definition) is 6. The van der Waals surface area contributed by atoms with Gasteiger partial charge in [-0.3, -0.25) is 20.4 Å². The molecule has 3 aromatic rings. The smallest absolute Gasteiger partial charge is 0.269 e. The standard InChI is InChI=1S/C19H19N3O5/c1-25-13-9-12(10-14(11-13)26-2)19(24)22-21-17(23)7-8-18-20-15-5-3-4-6-16(15)27-18/h3-6,9-11H,7-8H2,1-2H3,(H,21,23)(H,22,24). The number of carbonyl (C=O) groups is 2. The van der Waals surface area contributed by atoms with Crippen LogP contribution in [0.1, 0.15) is 22.7 Å². The fourth-order valence-electron chi connectivity index (χ4n) is 2.45. The lowest BCUT2D eigenvalue weighted by molar-refractivity contribution is -0.121. The van der Waals surface area contributed by atoms with Crippen molar-refractivity contribution in [3.8, 4) is 11.5 Å². The highest BCUT2D eigenvalue weighted by Crippen LogP contribution is 2.22. The topological polar surface area (TPSA) is 103 Å². The van der Waals surface area contributed by atoms with E-state index in [0.29, 0.717) is 35.0 Å². The molecule has 27 heavy (non-hydrogen) atoms. The lowest BCUT2D eigenvalue weighted by atomic mass is 10.2. The first-order valence-electron chi connectivity index (χ1n) is 8.25. The molecule has 8 heteroatoms. The second-order valence-corrected chi connectivity index (χ2v) is 5.68. The second kappa shape index (κ2) is 8.22. The number of hydrogen-bond donors (Lipinski definition) is 2. The molecule has 0 bridgehead atoms. The summed E-state index contributed by atoms with van der Waals surface area (Å²) in [6.07, 6.45) is 0.442. The maximum atomic E-state index is 12.2. The zero-order valence-electron chi connectivity index (χ0n) is 14.9. The van der Waals surface area contributed by atoms with Crippen LogP contribution in [0.15, 0.2) is 46.9 Å². The number of oxazole rings is 1. The molecule has 140 valence electrons. The lowest BCUT2D eigenvalue weighted by Crippen LogP contribution is -2.41. The number of aryl methyl sites for hydroxylation is 1. The number of ether oxygens (including phenoxy) is 2. The number of carbonyl (C=O) groups excluding carboxylic acids is 2. The van der Waals surface area contributed by atoms with Gasteiger partial charge in [0.25, 0.3) is 5.91 Å². The average molecular weight is 369 g/mol. The van der Waals surface area contributed by atoms with Crippen LogP contribution < -0.4 is 20.3 Å². The van der Waals surface area contributed by atoms with Crippen molar-refractivity contribution in [3.63, 3.8) is 0 Å². The van der Waals surface area contributed by atoms with Gasteiger partial charge in [-0.05, 0) is 24.3 Å². The molecule has 2 amide bonds. The summed E-state index contributed by atoms with van der Waals surface area (Å²) >= 11 is 0. The Morgan fingerprint density at radius 1 is 1.04 bits per heavy atom. The highest BCUT2D eigenvalue weighted by atomic mass is 16.5. The minimum atomic E-state index is -0.484. The Kier molecular flexibility index (Phi) is 5.55. The maximum Gasteiger partial charge on any atom is 0.269 e. The molecule has 0 aliphatic heterocycles. The van der Waals surface area contributed by atoms with E-state index in [9.17, 15) is 9.59 Å². The molecule has 1 aromatic heterocycles. The Bertz CT molecular complexity index is 912. The molecule has 0 radical (unpaired) electrons. The maximum absolute atomic E-state index is 12.2. The molecule has 0 aliphatic carbocycles. The molecule has 0 spiro atoms. The summed E-state index contributed by atoms with van der Waals surface area (Å²) in [5.41, 5.74) is 6.45. The number of aromatic nitrogens is 1. The Morgan fingerprint density at radius 3 is 2.41 bits per heavy atom. The highest BCUT2D eigenvalue weighted by Gasteiger charge is 2.12. The van der Waals surface area contributed by atoms with Crippen LogP contribution in [0.3, 0.4) is 0 Å². The van der Waals surface area contributed by atoms with Gasteiger partial charge in [-0.15, -0.1) is 0 Å². The van der Waals surface area contributed by atoms with E-state index in [1.165, 1.54) is 14.2 Å². The minimum absolute atomic E-state index is 0.120. The molecule has 0 atom stereocenters. The molecule has 0 saturated carbocycles. The first kappa shape index (κ1) is 18.2. The van der Waals surface area contributed by atoms with Crippen molar-refractivity contribution in [2.45, 2.75) is 12.8 Å². The van der Waals surface area contributed by atoms with Gasteiger partial charge >= 0.3 is 0 Å². The third-order valence-electron chi connectivity index (χ3n) is 3.83. The van der Waals surface area contributed by atoms with E-state index < -0.39 is 5.91 Å². The number of rotatable bonds is 6. The van der Waals surface area contributed by atoms with E-state index in [4.69, 9.17) is 13.9 Å². The van der Waals surface area contributed by atoms with Crippen molar-refractivity contribution in [1.29, 1.82) is 0 Å². The van der Waals surface area contributed by atoms with Gasteiger partial charge in [0, 0.05) is 24.5 Å². The van der Waals surface area contributed by atoms with E-state index in [1.807, 2.05) is 24.3 Å². The summed E-state index contributed by atoms with van der Waals surface area (Å²) in [5, 5.41) is 0. The quantitative estimate of drug-likeness (QED) is 0.646. The third kappa shape index (κ3) is 4.55. The van der Waals surface area contributed by atoms with Gasteiger partial charge in [0.05, 0.1) is 14.2 Å². The van der Waals surface area contributed by atoms with Crippen molar-refractivity contribution < 1.29 is 23.5 Å². The van der Waals surface area contributed by atoms with Gasteiger partial charge in [0.1, 0.15) is 17.0 Å². The van der Waals surface area contributed by atoms with Gasteiger partial charge in [0.15, 0.2) is 11.5 Å². The molecule has 0 fully saturated rings. The number of benzene rings is 2. The number of amides is 2. The van der Waals surface area contributed by atoms with Crippen LogP contribution in [-0.2, 0) is 11.2 Å². The highest BCUT2D eigenvalue weighted by molar-refractivity contribution is 5.96. The molecule has 2 aromatic carbocycles. The summed E-state index contributed by atoms with van der Waals surface area (Å²) < 4.78 is 15.8. The second-order valence-electron chi connectivity index (χ2n) is 5.68. The van der Waals surface area contributed by atoms with E-state index in [0.717, 1.165) is 5.52 Å². The minimum Gasteiger partial charge on any atom is -0.497 e. The van der Waals surface area contributed by atoms with Crippen LogP contribution in [0.4, 0.5) is 0 Å². The van der Waals surface area contributed by atoms with Crippen LogP contribution in [-0.4, -0.2) is 31.0 Å². The summed E-state index contributed by atoms with van der Waals surface area (Å²) in [4.78, 5) is 28.5. The predicted molar refractivity (Wildman–Crippen MR) is 97.5 cm³/mol. The number of methoxy groups -OCH3 is 2. The SMILES string of the molecule is COc1cc(OC)cc(C(=O)NNC(=O)CCc2nc3ccccc3o2)c1. The van der Waals surface area contributed by atoms with Gasteiger partial charge < -0.3 is 13.9 Å². The largest absolute Gasteiger partial charge is 0.497 e. The van der Waals surface area contributed by atoms with Crippen LogP contribution in [0.25, 0.3) is 11.1 Å². The molecule has 8 nitrogen and oxygen atoms in total. The van der Waals surface area contributed by atoms with Crippen LogP contribution >= 0.6 is 0 Å². The zero-order valence-corrected chi connectivity index (χ0v) is 14.9. The van der Waals surface area contributed by atoms with Crippen molar-refractivity contribution in [3.05, 3.63) is 53.9 Å². The Labute approximate surface area is 155 Å². The molecule has 0 unspecified atom stereocenters. The molecule has 1 heterocycles. The van der Waals surface area contributed by atoms with Gasteiger partial charge in [-0.1, -0.05) is 12.1 Å². The Balaban J connectivity index is 1.53. The number of fused-ring (bicyclic) bond motifs is 1. The number of para-hydroxylation sites is 2. The predicted octanol–water partition coefficient (Wildman–Crippen LogP) is 2.24. The lowest BCUT2D eigenvalue weighted by Gasteiger charge is -2.10. The van der Waals surface area contributed by atoms with Gasteiger partial charge in [-0.25, -0.2) is 4.98 Å². The van der Waals surface area contributed by atoms with Gasteiger partial charge in [0.2, 0.25) is 5.91 Å². The van der Waals surface area contributed by atoms with E-state index >= 15 is 0 Å². The van der Waals surface area contributed by atoms with Crippen molar-refractivity contribution >= 4 is 22.9 Å². The third-order valence-corrected chi connectivity index (χ3v) is 3.83. The van der Waals surface area contributed by atoms with Crippen LogP contribution in [0.5, 0.6) is 11.5 Å². The molecule has 0 saturated heterocycles. The van der Waals surface area contributed by atoms with E-state index in [2.05, 4.69) is 15.8 Å². The van der Waals surface area contributed by atoms with Crippen molar-refractivity contribution in [1.82, 2.24) is 15.8 Å². The average Bonchev–Trinajstić information content (AvgIpc) is 3.13. The normalized spacial score (nSPS) is 10.4. The number of nitrogens with one attached hydrogen (secondary N) is 2. The Morgan fingerprint density at radius 2 is 1.74 bits per heavy atom. The van der Waals surface area contributed by atoms with E-state index in [-0.39, 0.29) is 12.3 Å². The molecule has 0 aliphatic rings. The molecule has 3 rings (SSSR count). The summed E-state index contributed by atoms with van der Waals surface area (Å²) in [6, 6.07) is 12.1. The molecule has 2 N–H and O–H groups in total.